The molecule has 1 aliphatic rings. The van der Waals surface area contributed by atoms with E-state index in [1.54, 1.807) is 0 Å². The van der Waals surface area contributed by atoms with Crippen molar-refractivity contribution in [1.29, 1.82) is 0 Å². The summed E-state index contributed by atoms with van der Waals surface area (Å²) >= 11 is 0. The van der Waals surface area contributed by atoms with Gasteiger partial charge in [0.1, 0.15) is 0 Å². The summed E-state index contributed by atoms with van der Waals surface area (Å²) < 4.78 is 6.85. The predicted molar refractivity (Wildman–Crippen MR) is 113 cm³/mol. The van der Waals surface area contributed by atoms with Crippen LogP contribution in [0.5, 0.6) is 0 Å². The lowest BCUT2D eigenvalue weighted by molar-refractivity contribution is 0.124. The molecule has 0 amide bonds. The van der Waals surface area contributed by atoms with Crippen molar-refractivity contribution < 1.29 is 9.53 Å². The predicted octanol–water partition coefficient (Wildman–Crippen LogP) is 6.70. The van der Waals surface area contributed by atoms with Crippen molar-refractivity contribution in [2.24, 2.45) is 11.8 Å². The van der Waals surface area contributed by atoms with Gasteiger partial charge in [0.05, 0.1) is 0 Å². The van der Waals surface area contributed by atoms with Crippen LogP contribution in [0, 0.1) is 11.8 Å². The topological polar surface area (TPSA) is 29.5 Å². The average Bonchev–Trinajstić information content (AvgIpc) is 2.88. The van der Waals surface area contributed by atoms with Gasteiger partial charge in [-0.1, -0.05) is 65.5 Å². The molecule has 0 spiro atoms. The second kappa shape index (κ2) is 10.9. The Balaban J connectivity index is 2.65. The maximum absolute atomic E-state index is 8.93. The Morgan fingerprint density at radius 1 is 1.04 bits per heavy atom. The molecule has 148 valence electrons. The number of unbranched alkanes of at least 4 members (excludes halogenated alkanes) is 3. The van der Waals surface area contributed by atoms with Gasteiger partial charge in [-0.05, 0) is 62.1 Å². The minimum atomic E-state index is -1.69. The van der Waals surface area contributed by atoms with Gasteiger partial charge in [0.15, 0.2) is 8.32 Å². The van der Waals surface area contributed by atoms with Crippen LogP contribution in [0.2, 0.25) is 18.1 Å². The number of hydrogen-bond acceptors (Lipinski definition) is 2. The summed E-state index contributed by atoms with van der Waals surface area (Å²) in [5.41, 5.74) is 0. The second-order valence-electron chi connectivity index (χ2n) is 9.46. The van der Waals surface area contributed by atoms with E-state index >= 15 is 0 Å². The Kier molecular flexibility index (Phi) is 9.98. The van der Waals surface area contributed by atoms with E-state index < -0.39 is 8.32 Å². The molecule has 0 aromatic heterocycles. The SMILES string of the molecule is CC/C=C\C[C@H]1[C@@H](CCCCCCO)CC[C@H]1O[Si](C)(C)C(C)(C)C. The molecule has 0 heterocycles. The number of rotatable bonds is 11. The molecule has 0 bridgehead atoms. The van der Waals surface area contributed by atoms with Gasteiger partial charge < -0.3 is 9.53 Å². The molecular formula is C22H44O2Si. The zero-order valence-corrected chi connectivity index (χ0v) is 18.8. The fourth-order valence-corrected chi connectivity index (χ4v) is 5.21. The van der Waals surface area contributed by atoms with Crippen molar-refractivity contribution in [3.8, 4) is 0 Å². The third-order valence-corrected chi connectivity index (χ3v) is 11.0. The van der Waals surface area contributed by atoms with Crippen molar-refractivity contribution >= 4 is 8.32 Å². The lowest BCUT2D eigenvalue weighted by atomic mass is 9.87. The maximum Gasteiger partial charge on any atom is 0.192 e. The Labute approximate surface area is 158 Å². The van der Waals surface area contributed by atoms with Gasteiger partial charge in [-0.3, -0.25) is 0 Å². The quantitative estimate of drug-likeness (QED) is 0.250. The van der Waals surface area contributed by atoms with Crippen molar-refractivity contribution in [3.63, 3.8) is 0 Å². The summed E-state index contributed by atoms with van der Waals surface area (Å²) in [4.78, 5) is 0. The van der Waals surface area contributed by atoms with Crippen LogP contribution in [0.4, 0.5) is 0 Å². The van der Waals surface area contributed by atoms with Crippen molar-refractivity contribution in [3.05, 3.63) is 12.2 Å². The van der Waals surface area contributed by atoms with Gasteiger partial charge in [-0.2, -0.15) is 0 Å². The minimum absolute atomic E-state index is 0.291. The van der Waals surface area contributed by atoms with E-state index in [4.69, 9.17) is 9.53 Å². The van der Waals surface area contributed by atoms with Gasteiger partial charge >= 0.3 is 0 Å². The van der Waals surface area contributed by atoms with Crippen molar-refractivity contribution in [1.82, 2.24) is 0 Å². The highest BCUT2D eigenvalue weighted by Crippen LogP contribution is 2.45. The van der Waals surface area contributed by atoms with E-state index in [1.807, 2.05) is 0 Å². The fourth-order valence-electron chi connectivity index (χ4n) is 3.81. The van der Waals surface area contributed by atoms with Crippen LogP contribution in [0.15, 0.2) is 12.2 Å². The molecule has 0 radical (unpaired) electrons. The zero-order chi connectivity index (χ0) is 18.9. The Bertz CT molecular complexity index is 384. The normalized spacial score (nSPS) is 25.2. The summed E-state index contributed by atoms with van der Waals surface area (Å²) in [6, 6.07) is 0. The minimum Gasteiger partial charge on any atom is -0.414 e. The molecule has 1 fully saturated rings. The third-order valence-electron chi connectivity index (χ3n) is 6.45. The van der Waals surface area contributed by atoms with Crippen LogP contribution in [0.3, 0.4) is 0 Å². The van der Waals surface area contributed by atoms with Gasteiger partial charge in [0.2, 0.25) is 0 Å². The Morgan fingerprint density at radius 3 is 2.32 bits per heavy atom. The first-order valence-corrected chi connectivity index (χ1v) is 13.6. The van der Waals surface area contributed by atoms with E-state index in [0.717, 1.165) is 18.8 Å². The van der Waals surface area contributed by atoms with Gasteiger partial charge in [0, 0.05) is 12.7 Å². The fraction of sp³-hybridized carbons (Fsp3) is 0.909. The molecule has 3 atom stereocenters. The summed E-state index contributed by atoms with van der Waals surface area (Å²) in [6.07, 6.45) is 16.1. The lowest BCUT2D eigenvalue weighted by Crippen LogP contribution is -2.45. The second-order valence-corrected chi connectivity index (χ2v) is 14.2. The highest BCUT2D eigenvalue weighted by atomic mass is 28.4. The van der Waals surface area contributed by atoms with E-state index in [0.29, 0.717) is 23.7 Å². The molecule has 1 aliphatic carbocycles. The molecule has 3 heteroatoms. The summed E-state index contributed by atoms with van der Waals surface area (Å²) in [5.74, 6) is 1.53. The largest absolute Gasteiger partial charge is 0.414 e. The highest BCUT2D eigenvalue weighted by molar-refractivity contribution is 6.74. The zero-order valence-electron chi connectivity index (χ0n) is 17.8. The summed E-state index contributed by atoms with van der Waals surface area (Å²) in [5, 5.41) is 9.22. The molecule has 2 nitrogen and oxygen atoms in total. The first kappa shape index (κ1) is 22.9. The van der Waals surface area contributed by atoms with E-state index in [9.17, 15) is 0 Å². The van der Waals surface area contributed by atoms with Crippen LogP contribution in [-0.2, 0) is 4.43 Å². The van der Waals surface area contributed by atoms with E-state index in [-0.39, 0.29) is 0 Å². The molecule has 0 aliphatic heterocycles. The van der Waals surface area contributed by atoms with Gasteiger partial charge in [-0.15, -0.1) is 0 Å². The summed E-state index contributed by atoms with van der Waals surface area (Å²) in [7, 11) is -1.69. The molecular weight excluding hydrogens is 324 g/mol. The summed E-state index contributed by atoms with van der Waals surface area (Å²) in [6.45, 7) is 14.4. The Morgan fingerprint density at radius 2 is 1.72 bits per heavy atom. The number of hydrogen-bond donors (Lipinski definition) is 1. The molecule has 0 unspecified atom stereocenters. The molecule has 1 rings (SSSR count). The third kappa shape index (κ3) is 7.56. The molecule has 0 aromatic carbocycles. The van der Waals surface area contributed by atoms with Gasteiger partial charge in [0.25, 0.3) is 0 Å². The lowest BCUT2D eigenvalue weighted by Gasteiger charge is -2.40. The van der Waals surface area contributed by atoms with Gasteiger partial charge in [-0.25, -0.2) is 0 Å². The number of allylic oxidation sites excluding steroid dienone is 2. The van der Waals surface area contributed by atoms with Crippen LogP contribution in [-0.4, -0.2) is 26.1 Å². The van der Waals surface area contributed by atoms with Crippen molar-refractivity contribution in [2.45, 2.75) is 110 Å². The standard InChI is InChI=1S/C22H44O2Si/c1-7-8-11-15-20-19(14-12-9-10-13-18-23)16-17-21(20)24-25(5,6)22(2,3)4/h8,11,19-21,23H,7,9-10,12-18H2,1-6H3/b11-8-/t19-,20-,21+/m0/s1. The van der Waals surface area contributed by atoms with Crippen LogP contribution in [0.1, 0.15) is 85.5 Å². The van der Waals surface area contributed by atoms with Crippen LogP contribution < -0.4 is 0 Å². The smallest absolute Gasteiger partial charge is 0.192 e. The van der Waals surface area contributed by atoms with Crippen LogP contribution >= 0.6 is 0 Å². The first-order chi connectivity index (χ1) is 11.7. The first-order valence-electron chi connectivity index (χ1n) is 10.7. The monoisotopic (exact) mass is 368 g/mol. The molecule has 0 saturated heterocycles. The average molecular weight is 369 g/mol. The number of aliphatic hydroxyl groups is 1. The maximum atomic E-state index is 8.93. The van der Waals surface area contributed by atoms with E-state index in [2.05, 4.69) is 52.9 Å². The molecule has 1 N–H and O–H groups in total. The Hall–Kier alpha value is -0.123. The molecule has 0 aromatic rings. The number of aliphatic hydroxyl groups excluding tert-OH is 1. The van der Waals surface area contributed by atoms with Crippen molar-refractivity contribution in [2.75, 3.05) is 6.61 Å². The molecule has 1 saturated carbocycles. The highest BCUT2D eigenvalue weighted by Gasteiger charge is 2.43. The van der Waals surface area contributed by atoms with Crippen LogP contribution in [0.25, 0.3) is 0 Å². The van der Waals surface area contributed by atoms with E-state index in [1.165, 1.54) is 44.9 Å². The molecule has 25 heavy (non-hydrogen) atoms.